The average Bonchev–Trinajstić information content (AvgIpc) is 2.80. The summed E-state index contributed by atoms with van der Waals surface area (Å²) in [5.41, 5.74) is 0.614. The van der Waals surface area contributed by atoms with Gasteiger partial charge in [-0.3, -0.25) is 0 Å². The first-order valence-corrected chi connectivity index (χ1v) is 8.19. The zero-order chi connectivity index (χ0) is 14.0. The predicted molar refractivity (Wildman–Crippen MR) is 73.1 cm³/mol. The minimum atomic E-state index is -3.42. The molecule has 0 aliphatic carbocycles. The topological polar surface area (TPSA) is 62.5 Å². The Morgan fingerprint density at radius 3 is 2.79 bits per heavy atom. The molecule has 1 fully saturated rings. The van der Waals surface area contributed by atoms with Crippen molar-refractivity contribution in [3.63, 3.8) is 0 Å². The third kappa shape index (κ3) is 2.85. The van der Waals surface area contributed by atoms with Gasteiger partial charge in [0.25, 0.3) is 0 Å². The van der Waals surface area contributed by atoms with Crippen molar-refractivity contribution in [1.82, 2.24) is 8.87 Å². The minimum absolute atomic E-state index is 0.149. The van der Waals surface area contributed by atoms with E-state index < -0.39 is 10.0 Å². The molecule has 2 heterocycles. The summed E-state index contributed by atoms with van der Waals surface area (Å²) in [7, 11) is -1.67. The Labute approximate surface area is 114 Å². The molecule has 0 spiro atoms. The van der Waals surface area contributed by atoms with Gasteiger partial charge in [-0.05, 0) is 24.8 Å². The van der Waals surface area contributed by atoms with E-state index in [0.29, 0.717) is 24.7 Å². The van der Waals surface area contributed by atoms with Crippen LogP contribution in [0.4, 0.5) is 0 Å². The molecule has 1 aromatic heterocycles. The van der Waals surface area contributed by atoms with Gasteiger partial charge in [-0.15, -0.1) is 0 Å². The van der Waals surface area contributed by atoms with Crippen LogP contribution >= 0.6 is 0 Å². The minimum Gasteiger partial charge on any atom is -0.390 e. The standard InChI is InChI=1S/C13H22N2O3S/c1-3-11-5-4-6-15(8-11)19(17,18)13-7-12(10-16)14(2)9-13/h7,9,11,16H,3-6,8,10H2,1-2H3. The Bertz CT molecular complexity index is 536. The first-order chi connectivity index (χ1) is 8.98. The molecule has 1 aliphatic heterocycles. The molecule has 0 bridgehead atoms. The predicted octanol–water partition coefficient (Wildman–Crippen LogP) is 1.33. The van der Waals surface area contributed by atoms with Crippen molar-refractivity contribution in [3.8, 4) is 0 Å². The van der Waals surface area contributed by atoms with Gasteiger partial charge >= 0.3 is 0 Å². The lowest BCUT2D eigenvalue weighted by Gasteiger charge is -2.31. The number of aliphatic hydroxyl groups is 1. The highest BCUT2D eigenvalue weighted by atomic mass is 32.2. The van der Waals surface area contributed by atoms with Crippen molar-refractivity contribution in [2.45, 2.75) is 37.7 Å². The maximum atomic E-state index is 12.6. The van der Waals surface area contributed by atoms with Crippen molar-refractivity contribution in [3.05, 3.63) is 18.0 Å². The molecule has 0 saturated carbocycles. The van der Waals surface area contributed by atoms with Gasteiger partial charge in [0.2, 0.25) is 10.0 Å². The van der Waals surface area contributed by atoms with Crippen molar-refractivity contribution in [2.75, 3.05) is 13.1 Å². The number of aromatic nitrogens is 1. The van der Waals surface area contributed by atoms with Crippen LogP contribution in [0, 0.1) is 5.92 Å². The van der Waals surface area contributed by atoms with E-state index in [9.17, 15) is 8.42 Å². The van der Waals surface area contributed by atoms with E-state index in [-0.39, 0.29) is 11.5 Å². The van der Waals surface area contributed by atoms with Crippen LogP contribution in [0.3, 0.4) is 0 Å². The highest BCUT2D eigenvalue weighted by Gasteiger charge is 2.30. The van der Waals surface area contributed by atoms with Crippen LogP contribution < -0.4 is 0 Å². The molecule has 0 aromatic carbocycles. The van der Waals surface area contributed by atoms with Crippen LogP contribution in [0.25, 0.3) is 0 Å². The maximum Gasteiger partial charge on any atom is 0.244 e. The van der Waals surface area contributed by atoms with E-state index in [2.05, 4.69) is 6.92 Å². The number of nitrogens with zero attached hydrogens (tertiary/aromatic N) is 2. The van der Waals surface area contributed by atoms with E-state index in [1.54, 1.807) is 28.2 Å². The van der Waals surface area contributed by atoms with Crippen LogP contribution in [0.15, 0.2) is 17.2 Å². The molecule has 1 N–H and O–H groups in total. The zero-order valence-electron chi connectivity index (χ0n) is 11.5. The number of aryl methyl sites for hydroxylation is 1. The van der Waals surface area contributed by atoms with Gasteiger partial charge in [0.1, 0.15) is 4.90 Å². The Hall–Kier alpha value is -0.850. The summed E-state index contributed by atoms with van der Waals surface area (Å²) < 4.78 is 28.4. The molecule has 5 nitrogen and oxygen atoms in total. The molecule has 1 saturated heterocycles. The fraction of sp³-hybridized carbons (Fsp3) is 0.692. The molecule has 0 radical (unpaired) electrons. The van der Waals surface area contributed by atoms with Crippen LogP contribution in [0.5, 0.6) is 0 Å². The van der Waals surface area contributed by atoms with E-state index in [0.717, 1.165) is 19.3 Å². The second-order valence-corrected chi connectivity index (χ2v) is 7.15. The third-order valence-corrected chi connectivity index (χ3v) is 5.77. The van der Waals surface area contributed by atoms with Gasteiger partial charge in [-0.2, -0.15) is 4.31 Å². The molecule has 1 aromatic rings. The van der Waals surface area contributed by atoms with Gasteiger partial charge in [0.15, 0.2) is 0 Å². The monoisotopic (exact) mass is 286 g/mol. The molecule has 0 amide bonds. The van der Waals surface area contributed by atoms with Gasteiger partial charge in [-0.25, -0.2) is 8.42 Å². The summed E-state index contributed by atoms with van der Waals surface area (Å²) in [5, 5.41) is 9.16. The van der Waals surface area contributed by atoms with Gasteiger partial charge in [-0.1, -0.05) is 13.3 Å². The third-order valence-electron chi connectivity index (χ3n) is 3.94. The van der Waals surface area contributed by atoms with Crippen molar-refractivity contribution in [1.29, 1.82) is 0 Å². The van der Waals surface area contributed by atoms with E-state index in [1.807, 2.05) is 0 Å². The van der Waals surface area contributed by atoms with Crippen molar-refractivity contribution in [2.24, 2.45) is 13.0 Å². The average molecular weight is 286 g/mol. The number of hydrogen-bond donors (Lipinski definition) is 1. The number of hydrogen-bond acceptors (Lipinski definition) is 3. The lowest BCUT2D eigenvalue weighted by atomic mass is 9.97. The Morgan fingerprint density at radius 2 is 2.21 bits per heavy atom. The Balaban J connectivity index is 2.25. The Kier molecular flexibility index (Phi) is 4.32. The zero-order valence-corrected chi connectivity index (χ0v) is 12.4. The normalized spacial score (nSPS) is 21.7. The number of aliphatic hydroxyl groups excluding tert-OH is 1. The van der Waals surface area contributed by atoms with Crippen LogP contribution in [-0.2, 0) is 23.7 Å². The van der Waals surface area contributed by atoms with E-state index in [4.69, 9.17) is 5.11 Å². The highest BCUT2D eigenvalue weighted by Crippen LogP contribution is 2.26. The first-order valence-electron chi connectivity index (χ1n) is 6.75. The molecule has 2 rings (SSSR count). The SMILES string of the molecule is CCC1CCCN(S(=O)(=O)c2cc(CO)n(C)c2)C1. The lowest BCUT2D eigenvalue weighted by molar-refractivity contribution is 0.261. The van der Waals surface area contributed by atoms with Crippen LogP contribution in [-0.4, -0.2) is 35.5 Å². The Morgan fingerprint density at radius 1 is 1.47 bits per heavy atom. The van der Waals surface area contributed by atoms with Crippen LogP contribution in [0.1, 0.15) is 31.9 Å². The van der Waals surface area contributed by atoms with Gasteiger partial charge in [0.05, 0.1) is 6.61 Å². The number of sulfonamides is 1. The summed E-state index contributed by atoms with van der Waals surface area (Å²) in [6, 6.07) is 1.56. The van der Waals surface area contributed by atoms with Crippen molar-refractivity contribution >= 4 is 10.0 Å². The molecule has 1 aliphatic rings. The van der Waals surface area contributed by atoms with Gasteiger partial charge in [0, 0.05) is 32.0 Å². The molecule has 19 heavy (non-hydrogen) atoms. The lowest BCUT2D eigenvalue weighted by Crippen LogP contribution is -2.39. The largest absolute Gasteiger partial charge is 0.390 e. The second kappa shape index (κ2) is 5.64. The second-order valence-electron chi connectivity index (χ2n) is 5.22. The molecule has 1 atom stereocenters. The fourth-order valence-corrected chi connectivity index (χ4v) is 4.25. The quantitative estimate of drug-likeness (QED) is 0.908. The molecule has 1 unspecified atom stereocenters. The summed E-state index contributed by atoms with van der Waals surface area (Å²) in [4.78, 5) is 0.288. The first kappa shape index (κ1) is 14.6. The summed E-state index contributed by atoms with van der Waals surface area (Å²) >= 11 is 0. The van der Waals surface area contributed by atoms with Crippen molar-refractivity contribution < 1.29 is 13.5 Å². The van der Waals surface area contributed by atoms with Crippen LogP contribution in [0.2, 0.25) is 0 Å². The molecular weight excluding hydrogens is 264 g/mol. The molecular formula is C13H22N2O3S. The molecule has 6 heteroatoms. The highest BCUT2D eigenvalue weighted by molar-refractivity contribution is 7.89. The van der Waals surface area contributed by atoms with E-state index in [1.165, 1.54) is 0 Å². The maximum absolute atomic E-state index is 12.6. The summed E-state index contributed by atoms with van der Waals surface area (Å²) in [6.45, 7) is 3.17. The van der Waals surface area contributed by atoms with Gasteiger partial charge < -0.3 is 9.67 Å². The summed E-state index contributed by atoms with van der Waals surface area (Å²) in [5.74, 6) is 0.463. The number of piperidine rings is 1. The fourth-order valence-electron chi connectivity index (χ4n) is 2.60. The summed E-state index contributed by atoms with van der Waals surface area (Å²) in [6.07, 6.45) is 4.63. The smallest absolute Gasteiger partial charge is 0.244 e. The molecule has 108 valence electrons. The van der Waals surface area contributed by atoms with E-state index >= 15 is 0 Å². The number of rotatable bonds is 4.